The minimum atomic E-state index is -0.225. The molecule has 0 aromatic heterocycles. The van der Waals surface area contributed by atoms with E-state index >= 15 is 0 Å². The van der Waals surface area contributed by atoms with Gasteiger partial charge in [-0.2, -0.15) is 0 Å². The first-order valence-electron chi connectivity index (χ1n) is 6.04. The molecule has 0 bridgehead atoms. The summed E-state index contributed by atoms with van der Waals surface area (Å²) in [5.74, 6) is -0.164. The number of benzene rings is 2. The van der Waals surface area contributed by atoms with Crippen molar-refractivity contribution in [2.75, 3.05) is 5.32 Å². The van der Waals surface area contributed by atoms with Gasteiger partial charge in [0, 0.05) is 11.7 Å². The zero-order chi connectivity index (χ0) is 13.8. The van der Waals surface area contributed by atoms with Gasteiger partial charge in [-0.15, -0.1) is 0 Å². The van der Waals surface area contributed by atoms with Crippen molar-refractivity contribution in [2.45, 2.75) is 19.4 Å². The lowest BCUT2D eigenvalue weighted by molar-refractivity contribution is 0.475. The molecule has 100 valence electrons. The zero-order valence-electron chi connectivity index (χ0n) is 10.5. The van der Waals surface area contributed by atoms with Crippen molar-refractivity contribution >= 4 is 17.3 Å². The summed E-state index contributed by atoms with van der Waals surface area (Å²) >= 11 is 5.84. The molecule has 0 fully saturated rings. The van der Waals surface area contributed by atoms with Crippen LogP contribution in [0.3, 0.4) is 0 Å². The van der Waals surface area contributed by atoms with Gasteiger partial charge >= 0.3 is 0 Å². The second-order valence-electron chi connectivity index (χ2n) is 4.55. The maximum Gasteiger partial charge on any atom is 0.134 e. The van der Waals surface area contributed by atoms with E-state index in [2.05, 4.69) is 5.32 Å². The summed E-state index contributed by atoms with van der Waals surface area (Å²) in [6.45, 7) is 2.01. The predicted molar refractivity (Wildman–Crippen MR) is 76.3 cm³/mol. The molecule has 2 N–H and O–H groups in total. The number of aromatic hydroxyl groups is 1. The van der Waals surface area contributed by atoms with Gasteiger partial charge in [0.05, 0.1) is 5.02 Å². The lowest BCUT2D eigenvalue weighted by Crippen LogP contribution is -2.18. The smallest absolute Gasteiger partial charge is 0.134 e. The van der Waals surface area contributed by atoms with Crippen molar-refractivity contribution in [1.29, 1.82) is 0 Å². The van der Waals surface area contributed by atoms with Gasteiger partial charge in [-0.05, 0) is 49.2 Å². The molecular weight excluding hydrogens is 265 g/mol. The van der Waals surface area contributed by atoms with Crippen molar-refractivity contribution in [3.63, 3.8) is 0 Å². The summed E-state index contributed by atoms with van der Waals surface area (Å²) in [6, 6.07) is 11.6. The molecule has 2 aromatic rings. The Morgan fingerprint density at radius 2 is 2.05 bits per heavy atom. The SMILES string of the molecule is CC(Cc1cccc(F)c1)Nc1ccc(O)c(Cl)c1. The monoisotopic (exact) mass is 279 g/mol. The highest BCUT2D eigenvalue weighted by molar-refractivity contribution is 6.32. The van der Waals surface area contributed by atoms with Crippen molar-refractivity contribution in [1.82, 2.24) is 0 Å². The summed E-state index contributed by atoms with van der Waals surface area (Å²) in [7, 11) is 0. The Hall–Kier alpha value is -1.74. The quantitative estimate of drug-likeness (QED) is 0.821. The van der Waals surface area contributed by atoms with Crippen LogP contribution < -0.4 is 5.32 Å². The third-order valence-electron chi connectivity index (χ3n) is 2.79. The normalized spacial score (nSPS) is 12.2. The van der Waals surface area contributed by atoms with Crippen molar-refractivity contribution in [3.05, 3.63) is 58.9 Å². The molecule has 1 unspecified atom stereocenters. The molecule has 2 nitrogen and oxygen atoms in total. The third-order valence-corrected chi connectivity index (χ3v) is 3.09. The number of halogens is 2. The van der Waals surface area contributed by atoms with E-state index in [1.54, 1.807) is 24.3 Å². The molecule has 0 aliphatic carbocycles. The van der Waals surface area contributed by atoms with Crippen LogP contribution in [-0.2, 0) is 6.42 Å². The van der Waals surface area contributed by atoms with E-state index in [-0.39, 0.29) is 17.6 Å². The second kappa shape index (κ2) is 5.93. The highest BCUT2D eigenvalue weighted by atomic mass is 35.5. The summed E-state index contributed by atoms with van der Waals surface area (Å²) < 4.78 is 13.1. The Morgan fingerprint density at radius 1 is 1.26 bits per heavy atom. The lowest BCUT2D eigenvalue weighted by Gasteiger charge is -2.16. The summed E-state index contributed by atoms with van der Waals surface area (Å²) in [6.07, 6.45) is 0.705. The molecule has 0 spiro atoms. The van der Waals surface area contributed by atoms with Crippen LogP contribution in [0.25, 0.3) is 0 Å². The van der Waals surface area contributed by atoms with Crippen LogP contribution in [0.1, 0.15) is 12.5 Å². The van der Waals surface area contributed by atoms with Gasteiger partial charge in [0.2, 0.25) is 0 Å². The molecule has 2 aromatic carbocycles. The van der Waals surface area contributed by atoms with Gasteiger partial charge in [-0.1, -0.05) is 23.7 Å². The van der Waals surface area contributed by atoms with Crippen molar-refractivity contribution < 1.29 is 9.50 Å². The van der Waals surface area contributed by atoms with E-state index in [0.29, 0.717) is 11.4 Å². The van der Waals surface area contributed by atoms with Crippen LogP contribution >= 0.6 is 11.6 Å². The van der Waals surface area contributed by atoms with Crippen molar-refractivity contribution in [3.8, 4) is 5.75 Å². The fourth-order valence-corrected chi connectivity index (χ4v) is 2.13. The van der Waals surface area contributed by atoms with E-state index in [1.807, 2.05) is 13.0 Å². The molecule has 0 heterocycles. The molecule has 0 aliphatic rings. The van der Waals surface area contributed by atoms with Crippen LogP contribution in [0.4, 0.5) is 10.1 Å². The van der Waals surface area contributed by atoms with Crippen LogP contribution in [0.15, 0.2) is 42.5 Å². The Kier molecular flexibility index (Phi) is 4.27. The minimum absolute atomic E-state index is 0.0602. The second-order valence-corrected chi connectivity index (χ2v) is 4.95. The first-order valence-corrected chi connectivity index (χ1v) is 6.42. The van der Waals surface area contributed by atoms with Crippen molar-refractivity contribution in [2.24, 2.45) is 0 Å². The lowest BCUT2D eigenvalue weighted by atomic mass is 10.1. The molecule has 0 saturated carbocycles. The largest absolute Gasteiger partial charge is 0.506 e. The first-order chi connectivity index (χ1) is 9.04. The van der Waals surface area contributed by atoms with E-state index in [0.717, 1.165) is 11.3 Å². The van der Waals surface area contributed by atoms with E-state index in [1.165, 1.54) is 12.1 Å². The summed E-state index contributed by atoms with van der Waals surface area (Å²) in [5, 5.41) is 12.9. The average Bonchev–Trinajstić information content (AvgIpc) is 2.34. The molecular formula is C15H15ClFNO. The Balaban J connectivity index is 2.01. The first kappa shape index (κ1) is 13.7. The van der Waals surface area contributed by atoms with Gasteiger partial charge in [0.25, 0.3) is 0 Å². The number of hydrogen-bond donors (Lipinski definition) is 2. The molecule has 19 heavy (non-hydrogen) atoms. The maximum atomic E-state index is 13.1. The fourth-order valence-electron chi connectivity index (χ4n) is 1.95. The van der Waals surface area contributed by atoms with Crippen LogP contribution in [-0.4, -0.2) is 11.1 Å². The maximum absolute atomic E-state index is 13.1. The number of nitrogens with one attached hydrogen (secondary N) is 1. The Bertz CT molecular complexity index is 574. The predicted octanol–water partition coefficient (Wildman–Crippen LogP) is 4.23. The molecule has 0 radical (unpaired) electrons. The topological polar surface area (TPSA) is 32.3 Å². The molecule has 4 heteroatoms. The molecule has 0 saturated heterocycles. The molecule has 0 amide bonds. The van der Waals surface area contributed by atoms with E-state index in [9.17, 15) is 9.50 Å². The van der Waals surface area contributed by atoms with Gasteiger partial charge in [0.1, 0.15) is 11.6 Å². The minimum Gasteiger partial charge on any atom is -0.506 e. The average molecular weight is 280 g/mol. The number of rotatable bonds is 4. The number of hydrogen-bond acceptors (Lipinski definition) is 2. The number of phenols is 1. The highest BCUT2D eigenvalue weighted by Gasteiger charge is 2.06. The van der Waals surface area contributed by atoms with Crippen LogP contribution in [0, 0.1) is 5.82 Å². The van der Waals surface area contributed by atoms with E-state index in [4.69, 9.17) is 11.6 Å². The Morgan fingerprint density at radius 3 is 2.74 bits per heavy atom. The van der Waals surface area contributed by atoms with Gasteiger partial charge in [0.15, 0.2) is 0 Å². The van der Waals surface area contributed by atoms with Crippen LogP contribution in [0.2, 0.25) is 5.02 Å². The third kappa shape index (κ3) is 3.86. The standard InChI is InChI=1S/C15H15ClFNO/c1-10(7-11-3-2-4-12(17)8-11)18-13-5-6-15(19)14(16)9-13/h2-6,8-10,18-19H,7H2,1H3. The van der Waals surface area contributed by atoms with Gasteiger partial charge < -0.3 is 10.4 Å². The molecule has 0 aliphatic heterocycles. The fraction of sp³-hybridized carbons (Fsp3) is 0.200. The number of phenolic OH excluding ortho intramolecular Hbond substituents is 1. The van der Waals surface area contributed by atoms with Gasteiger partial charge in [-0.3, -0.25) is 0 Å². The van der Waals surface area contributed by atoms with E-state index < -0.39 is 0 Å². The van der Waals surface area contributed by atoms with Gasteiger partial charge in [-0.25, -0.2) is 4.39 Å². The Labute approximate surface area is 116 Å². The van der Waals surface area contributed by atoms with Crippen LogP contribution in [0.5, 0.6) is 5.75 Å². The number of anilines is 1. The highest BCUT2D eigenvalue weighted by Crippen LogP contribution is 2.26. The molecule has 2 rings (SSSR count). The zero-order valence-corrected chi connectivity index (χ0v) is 11.3. The summed E-state index contributed by atoms with van der Waals surface area (Å²) in [5.41, 5.74) is 1.76. The summed E-state index contributed by atoms with van der Waals surface area (Å²) in [4.78, 5) is 0. The molecule has 1 atom stereocenters.